The Bertz CT molecular complexity index is 2520. The van der Waals surface area contributed by atoms with E-state index in [0.717, 1.165) is 39.8 Å². The van der Waals surface area contributed by atoms with Crippen LogP contribution in [0.1, 0.15) is 77.9 Å². The Morgan fingerprint density at radius 3 is 1.15 bits per heavy atom. The molecular weight excluding hydrogens is 667 g/mol. The van der Waals surface area contributed by atoms with E-state index >= 15 is 0 Å². The molecule has 272 valence electrons. The van der Waals surface area contributed by atoms with Gasteiger partial charge >= 0.3 is 0 Å². The number of aryl methyl sites for hydroxylation is 4. The molecule has 2 aliphatic rings. The standard InChI is InChI=1S/C52H49N3/c1-32-10-18-37(19-11-32)54(38-20-12-33(2)13-21-38)41-26-28-43-45(30-41)52(8,9)50-47(43)36(5)48-49(53-50)44-29-27-42(31-46(44)51(48,6)7)55(39-22-14-34(3)15-23-39)40-24-16-35(4)17-25-40/h10-31H,1-9H3. The van der Waals surface area contributed by atoms with Crippen molar-refractivity contribution in [2.75, 3.05) is 9.80 Å². The summed E-state index contributed by atoms with van der Waals surface area (Å²) in [5, 5.41) is 0. The topological polar surface area (TPSA) is 19.4 Å². The molecule has 0 saturated heterocycles. The Labute approximate surface area is 327 Å². The van der Waals surface area contributed by atoms with Crippen LogP contribution < -0.4 is 9.80 Å². The predicted molar refractivity (Wildman–Crippen MR) is 232 cm³/mol. The summed E-state index contributed by atoms with van der Waals surface area (Å²) in [6, 6.07) is 49.5. The number of hydrogen-bond acceptors (Lipinski definition) is 3. The van der Waals surface area contributed by atoms with Gasteiger partial charge in [-0.15, -0.1) is 0 Å². The highest BCUT2D eigenvalue weighted by atomic mass is 15.1. The number of nitrogens with zero attached hydrogens (tertiary/aromatic N) is 3. The highest BCUT2D eigenvalue weighted by molar-refractivity contribution is 5.92. The highest BCUT2D eigenvalue weighted by Crippen LogP contribution is 2.58. The third-order valence-electron chi connectivity index (χ3n) is 12.2. The number of anilines is 6. The summed E-state index contributed by atoms with van der Waals surface area (Å²) in [4.78, 5) is 10.5. The molecule has 0 fully saturated rings. The molecule has 0 N–H and O–H groups in total. The summed E-state index contributed by atoms with van der Waals surface area (Å²) < 4.78 is 0. The zero-order chi connectivity index (χ0) is 38.4. The molecule has 0 spiro atoms. The van der Waals surface area contributed by atoms with Crippen molar-refractivity contribution in [3.63, 3.8) is 0 Å². The van der Waals surface area contributed by atoms with E-state index < -0.39 is 0 Å². The molecule has 3 nitrogen and oxygen atoms in total. The van der Waals surface area contributed by atoms with Crippen LogP contribution in [0.15, 0.2) is 133 Å². The molecule has 3 heteroatoms. The molecule has 0 amide bonds. The van der Waals surface area contributed by atoms with Gasteiger partial charge in [-0.2, -0.15) is 0 Å². The van der Waals surface area contributed by atoms with Crippen LogP contribution in [0.2, 0.25) is 0 Å². The molecule has 55 heavy (non-hydrogen) atoms. The Hall–Kier alpha value is -5.93. The molecule has 0 unspecified atom stereocenters. The number of hydrogen-bond donors (Lipinski definition) is 0. The maximum absolute atomic E-state index is 5.69. The van der Waals surface area contributed by atoms with E-state index in [4.69, 9.17) is 4.98 Å². The Kier molecular flexibility index (Phi) is 7.95. The Balaban J connectivity index is 1.16. The number of pyridine rings is 1. The normalized spacial score (nSPS) is 14.2. The van der Waals surface area contributed by atoms with Crippen molar-refractivity contribution in [1.29, 1.82) is 0 Å². The molecule has 0 bridgehead atoms. The van der Waals surface area contributed by atoms with Crippen LogP contribution in [-0.4, -0.2) is 4.98 Å². The van der Waals surface area contributed by atoms with E-state index in [-0.39, 0.29) is 10.8 Å². The minimum absolute atomic E-state index is 0.237. The van der Waals surface area contributed by atoms with Gasteiger partial charge in [0.1, 0.15) is 0 Å². The smallest absolute Gasteiger partial charge is 0.0752 e. The van der Waals surface area contributed by atoms with Crippen LogP contribution in [0.25, 0.3) is 22.4 Å². The van der Waals surface area contributed by atoms with Gasteiger partial charge in [-0.05, 0) is 135 Å². The SMILES string of the molecule is Cc1ccc(N(c2ccc(C)cc2)c2ccc3c(c2)C(C)(C)c2nc4c(c(C)c2-3)C(C)(C)c2cc(N(c3ccc(C)cc3)c3ccc(C)cc3)ccc2-4)cc1. The largest absolute Gasteiger partial charge is 0.310 e. The molecular formula is C52H49N3. The molecule has 0 radical (unpaired) electrons. The minimum Gasteiger partial charge on any atom is -0.310 e. The van der Waals surface area contributed by atoms with Crippen molar-refractivity contribution in [3.8, 4) is 22.4 Å². The van der Waals surface area contributed by atoms with E-state index in [1.807, 2.05) is 0 Å². The molecule has 0 saturated carbocycles. The van der Waals surface area contributed by atoms with Gasteiger partial charge in [0, 0.05) is 56.1 Å². The van der Waals surface area contributed by atoms with Gasteiger partial charge in [-0.1, -0.05) is 111 Å². The third-order valence-corrected chi connectivity index (χ3v) is 12.2. The van der Waals surface area contributed by atoms with Gasteiger partial charge in [0.15, 0.2) is 0 Å². The molecule has 2 aliphatic carbocycles. The first kappa shape index (κ1) is 34.8. The Morgan fingerprint density at radius 2 is 0.745 bits per heavy atom. The quantitative estimate of drug-likeness (QED) is 0.171. The average molecular weight is 716 g/mol. The van der Waals surface area contributed by atoms with Crippen molar-refractivity contribution < 1.29 is 0 Å². The van der Waals surface area contributed by atoms with Crippen molar-refractivity contribution in [3.05, 3.63) is 184 Å². The molecule has 6 aromatic carbocycles. The first-order valence-electron chi connectivity index (χ1n) is 19.6. The minimum atomic E-state index is -0.285. The van der Waals surface area contributed by atoms with Crippen LogP contribution in [0.3, 0.4) is 0 Å². The summed E-state index contributed by atoms with van der Waals surface area (Å²) in [5.74, 6) is 0. The lowest BCUT2D eigenvalue weighted by atomic mass is 9.79. The lowest BCUT2D eigenvalue weighted by Crippen LogP contribution is -2.20. The second kappa shape index (κ2) is 12.6. The van der Waals surface area contributed by atoms with Gasteiger partial charge in [-0.3, -0.25) is 4.98 Å². The maximum atomic E-state index is 5.69. The van der Waals surface area contributed by atoms with Crippen LogP contribution >= 0.6 is 0 Å². The van der Waals surface area contributed by atoms with Gasteiger partial charge < -0.3 is 9.80 Å². The lowest BCUT2D eigenvalue weighted by molar-refractivity contribution is 0.629. The van der Waals surface area contributed by atoms with E-state index in [2.05, 4.69) is 206 Å². The zero-order valence-electron chi connectivity index (χ0n) is 33.5. The van der Waals surface area contributed by atoms with Gasteiger partial charge in [0.25, 0.3) is 0 Å². The summed E-state index contributed by atoms with van der Waals surface area (Å²) in [6.45, 7) is 20.4. The summed E-state index contributed by atoms with van der Waals surface area (Å²) in [6.07, 6.45) is 0. The molecule has 0 atom stereocenters. The van der Waals surface area contributed by atoms with Gasteiger partial charge in [0.2, 0.25) is 0 Å². The van der Waals surface area contributed by atoms with E-state index in [1.165, 1.54) is 66.9 Å². The first-order valence-corrected chi connectivity index (χ1v) is 19.6. The third kappa shape index (κ3) is 5.51. The second-order valence-electron chi connectivity index (χ2n) is 16.9. The van der Waals surface area contributed by atoms with Gasteiger partial charge in [0.05, 0.1) is 11.4 Å². The predicted octanol–water partition coefficient (Wildman–Crippen LogP) is 14.2. The summed E-state index contributed by atoms with van der Waals surface area (Å²) in [5.41, 5.74) is 22.8. The van der Waals surface area contributed by atoms with E-state index in [0.29, 0.717) is 0 Å². The molecule has 9 rings (SSSR count). The number of fused-ring (bicyclic) bond motifs is 6. The Morgan fingerprint density at radius 1 is 0.400 bits per heavy atom. The lowest BCUT2D eigenvalue weighted by Gasteiger charge is -2.29. The van der Waals surface area contributed by atoms with Crippen LogP contribution in [0.4, 0.5) is 34.1 Å². The maximum Gasteiger partial charge on any atom is 0.0752 e. The number of rotatable bonds is 6. The van der Waals surface area contributed by atoms with Crippen LogP contribution in [-0.2, 0) is 10.8 Å². The fourth-order valence-electron chi connectivity index (χ4n) is 9.18. The molecule has 7 aromatic rings. The number of benzene rings is 6. The second-order valence-corrected chi connectivity index (χ2v) is 16.9. The highest BCUT2D eigenvalue weighted by Gasteiger charge is 2.45. The van der Waals surface area contributed by atoms with Crippen molar-refractivity contribution in [2.24, 2.45) is 0 Å². The zero-order valence-corrected chi connectivity index (χ0v) is 33.5. The van der Waals surface area contributed by atoms with Crippen LogP contribution in [0.5, 0.6) is 0 Å². The van der Waals surface area contributed by atoms with E-state index in [1.54, 1.807) is 0 Å². The fourth-order valence-corrected chi connectivity index (χ4v) is 9.18. The van der Waals surface area contributed by atoms with Gasteiger partial charge in [-0.25, -0.2) is 0 Å². The fraction of sp³-hybridized carbons (Fsp3) is 0.212. The molecule has 1 heterocycles. The van der Waals surface area contributed by atoms with E-state index in [9.17, 15) is 0 Å². The molecule has 1 aromatic heterocycles. The number of aromatic nitrogens is 1. The van der Waals surface area contributed by atoms with Crippen molar-refractivity contribution >= 4 is 34.1 Å². The van der Waals surface area contributed by atoms with Crippen LogP contribution in [0, 0.1) is 34.6 Å². The molecule has 0 aliphatic heterocycles. The summed E-state index contributed by atoms with van der Waals surface area (Å²) in [7, 11) is 0. The average Bonchev–Trinajstić information content (AvgIpc) is 3.54. The van der Waals surface area contributed by atoms with Crippen molar-refractivity contribution in [1.82, 2.24) is 4.98 Å². The van der Waals surface area contributed by atoms with Crippen molar-refractivity contribution in [2.45, 2.75) is 73.1 Å². The first-order chi connectivity index (χ1) is 26.3. The monoisotopic (exact) mass is 715 g/mol. The summed E-state index contributed by atoms with van der Waals surface area (Å²) >= 11 is 0.